The summed E-state index contributed by atoms with van der Waals surface area (Å²) in [6, 6.07) is 0. The van der Waals surface area contributed by atoms with Crippen LogP contribution in [0.5, 0.6) is 0 Å². The monoisotopic (exact) mass is 1390 g/mol. The molecule has 1 aliphatic heterocycles. The van der Waals surface area contributed by atoms with Gasteiger partial charge in [0.05, 0.1) is 0 Å². The molecule has 1 saturated heterocycles. The number of β-amino-alcohol motifs (C(OH)–C–C–N with tert-alkyl or cyclic N) is 4. The quantitative estimate of drug-likeness (QED) is 0.0254. The van der Waals surface area contributed by atoms with Crippen LogP contribution in [0.4, 0.5) is 0 Å². The maximum atomic E-state index is 13.0. The van der Waals surface area contributed by atoms with E-state index in [-0.39, 0.29) is 76.5 Å². The molecule has 1 heterocycles. The van der Waals surface area contributed by atoms with Gasteiger partial charge in [0, 0.05) is 78.0 Å². The lowest BCUT2D eigenvalue weighted by atomic mass is 9.90. The third-order valence-electron chi connectivity index (χ3n) is 20.7. The summed E-state index contributed by atoms with van der Waals surface area (Å²) in [5.74, 6) is 1.90. The van der Waals surface area contributed by atoms with E-state index in [0.717, 1.165) is 101 Å². The standard InChI is InChI=1S/C82H160N4O12/c1-9-17-39-71(40-18-10-2)47-29-25-33-51-79(91)95-67-75(87)63-83-55-37-56-85(65-77(89)69-97-81(93)53-35-27-31-49-73(43-21-13-5)44-22-14-6)61-62-86(66-78(90)70-98-82(94)54-36-28-32-50-74(45-23-15-7)46-24-16-8)58-38-57-84(60-59-83)64-76(88)68-96-80(92)52-34-26-30-48-72(41-19-11-3)42-20-12-4/h71-78,87-90H,9-70H2,1-8H3. The van der Waals surface area contributed by atoms with E-state index in [4.69, 9.17) is 18.9 Å². The molecule has 0 aromatic heterocycles. The molecule has 0 aliphatic carbocycles. The van der Waals surface area contributed by atoms with E-state index in [0.29, 0.717) is 90.9 Å². The Morgan fingerprint density at radius 1 is 0.255 bits per heavy atom. The van der Waals surface area contributed by atoms with Gasteiger partial charge >= 0.3 is 23.9 Å². The molecular weight excluding hydrogens is 1230 g/mol. The molecule has 4 unspecified atom stereocenters. The summed E-state index contributed by atoms with van der Waals surface area (Å²) in [6.07, 6.45) is 45.5. The van der Waals surface area contributed by atoms with Gasteiger partial charge in [0.15, 0.2) is 0 Å². The van der Waals surface area contributed by atoms with Gasteiger partial charge in [0.2, 0.25) is 0 Å². The third-order valence-corrected chi connectivity index (χ3v) is 20.7. The molecule has 0 bridgehead atoms. The van der Waals surface area contributed by atoms with Crippen LogP contribution in [-0.2, 0) is 38.1 Å². The highest BCUT2D eigenvalue weighted by molar-refractivity contribution is 5.70. The first kappa shape index (κ1) is 93.6. The third kappa shape index (κ3) is 56.1. The van der Waals surface area contributed by atoms with Crippen LogP contribution in [0.2, 0.25) is 0 Å². The van der Waals surface area contributed by atoms with Crippen molar-refractivity contribution in [1.82, 2.24) is 19.6 Å². The summed E-state index contributed by atoms with van der Waals surface area (Å²) in [4.78, 5) is 60.9. The van der Waals surface area contributed by atoms with Crippen molar-refractivity contribution in [1.29, 1.82) is 0 Å². The molecule has 580 valence electrons. The second kappa shape index (κ2) is 66.5. The number of hydrogen-bond acceptors (Lipinski definition) is 16. The number of ether oxygens (including phenoxy) is 4. The summed E-state index contributed by atoms with van der Waals surface area (Å²) in [5, 5.41) is 46.0. The average molecular weight is 1390 g/mol. The Morgan fingerprint density at radius 2 is 0.429 bits per heavy atom. The molecular formula is C82H160N4O12. The minimum atomic E-state index is -0.925. The van der Waals surface area contributed by atoms with Crippen LogP contribution < -0.4 is 0 Å². The number of unbranched alkanes of at least 4 members (excludes halogenated alkanes) is 16. The number of carbonyl (C=O) groups excluding carboxylic acids is 4. The Balaban J connectivity index is 3.27. The van der Waals surface area contributed by atoms with E-state index in [1.807, 2.05) is 0 Å². The Kier molecular flexibility index (Phi) is 63.5. The molecule has 0 aromatic carbocycles. The molecule has 1 aliphatic rings. The number of esters is 4. The number of aliphatic hydroxyl groups excluding tert-OH is 4. The lowest BCUT2D eigenvalue weighted by molar-refractivity contribution is -0.148. The van der Waals surface area contributed by atoms with Gasteiger partial charge in [-0.25, -0.2) is 0 Å². The molecule has 0 amide bonds. The fourth-order valence-corrected chi connectivity index (χ4v) is 14.4. The molecule has 1 rings (SSSR count). The molecule has 16 heteroatoms. The van der Waals surface area contributed by atoms with Gasteiger partial charge in [0.25, 0.3) is 0 Å². The van der Waals surface area contributed by atoms with Crippen LogP contribution in [0.1, 0.15) is 351 Å². The van der Waals surface area contributed by atoms with E-state index in [2.05, 4.69) is 75.0 Å². The number of rotatable bonds is 64. The lowest BCUT2D eigenvalue weighted by Gasteiger charge is -2.34. The van der Waals surface area contributed by atoms with Crippen molar-refractivity contribution < 1.29 is 58.6 Å². The average Bonchev–Trinajstić information content (AvgIpc) is 1.29. The summed E-state index contributed by atoms with van der Waals surface area (Å²) in [7, 11) is 0. The SMILES string of the molecule is CCCCC(CCCC)CCCCCC(=O)OCC(O)CN1CCCN(CC(O)COC(=O)CCCCCC(CCCC)CCCC)CCN(CC(O)COC(=O)CCCCCC(CCCC)CCCC)CCCN(CC(O)COC(=O)CCCCCC(CCCC)CCCC)CC1. The maximum absolute atomic E-state index is 13.0. The number of hydrogen-bond donors (Lipinski definition) is 4. The Hall–Kier alpha value is -2.44. The Morgan fingerprint density at radius 3 is 0.602 bits per heavy atom. The molecule has 0 radical (unpaired) electrons. The smallest absolute Gasteiger partial charge is 0.305 e. The van der Waals surface area contributed by atoms with Crippen molar-refractivity contribution in [2.45, 2.75) is 375 Å². The van der Waals surface area contributed by atoms with Crippen molar-refractivity contribution in [3.05, 3.63) is 0 Å². The van der Waals surface area contributed by atoms with Gasteiger partial charge in [0.1, 0.15) is 50.8 Å². The fraction of sp³-hybridized carbons (Fsp3) is 0.951. The van der Waals surface area contributed by atoms with Crippen LogP contribution in [0.15, 0.2) is 0 Å². The lowest BCUT2D eigenvalue weighted by Crippen LogP contribution is -2.47. The topological polar surface area (TPSA) is 199 Å². The van der Waals surface area contributed by atoms with Gasteiger partial charge < -0.3 is 39.4 Å². The van der Waals surface area contributed by atoms with Crippen LogP contribution in [0.3, 0.4) is 0 Å². The van der Waals surface area contributed by atoms with E-state index in [1.54, 1.807) is 0 Å². The first-order valence-electron chi connectivity index (χ1n) is 41.9. The largest absolute Gasteiger partial charge is 0.463 e. The van der Waals surface area contributed by atoms with Crippen molar-refractivity contribution >= 4 is 23.9 Å². The summed E-state index contributed by atoms with van der Waals surface area (Å²) < 4.78 is 22.8. The van der Waals surface area contributed by atoms with Gasteiger partial charge in [-0.05, 0) is 88.4 Å². The zero-order valence-electron chi connectivity index (χ0n) is 65.3. The predicted octanol–water partition coefficient (Wildman–Crippen LogP) is 17.4. The highest BCUT2D eigenvalue weighted by atomic mass is 16.6. The van der Waals surface area contributed by atoms with Gasteiger partial charge in [-0.15, -0.1) is 0 Å². The maximum Gasteiger partial charge on any atom is 0.305 e. The van der Waals surface area contributed by atoms with Crippen LogP contribution in [-0.4, -0.2) is 193 Å². The molecule has 4 N–H and O–H groups in total. The number of nitrogens with zero attached hydrogens (tertiary/aromatic N) is 4. The molecule has 0 saturated carbocycles. The summed E-state index contributed by atoms with van der Waals surface area (Å²) in [5.41, 5.74) is 0. The molecule has 4 atom stereocenters. The highest BCUT2D eigenvalue weighted by Gasteiger charge is 2.24. The van der Waals surface area contributed by atoms with Crippen molar-refractivity contribution in [3.8, 4) is 0 Å². The zero-order chi connectivity index (χ0) is 71.9. The second-order valence-corrected chi connectivity index (χ2v) is 30.3. The first-order valence-corrected chi connectivity index (χ1v) is 41.9. The number of carbonyl (C=O) groups is 4. The van der Waals surface area contributed by atoms with Crippen LogP contribution >= 0.6 is 0 Å². The minimum Gasteiger partial charge on any atom is -0.463 e. The van der Waals surface area contributed by atoms with Crippen molar-refractivity contribution in [2.24, 2.45) is 23.7 Å². The first-order chi connectivity index (χ1) is 47.6. The minimum absolute atomic E-state index is 0.104. The van der Waals surface area contributed by atoms with Gasteiger partial charge in [-0.1, -0.05) is 287 Å². The molecule has 98 heavy (non-hydrogen) atoms. The van der Waals surface area contributed by atoms with E-state index in [1.165, 1.54) is 180 Å². The van der Waals surface area contributed by atoms with E-state index < -0.39 is 24.4 Å². The predicted molar refractivity (Wildman–Crippen MR) is 405 cm³/mol. The normalized spacial score (nSPS) is 15.8. The van der Waals surface area contributed by atoms with Crippen LogP contribution in [0.25, 0.3) is 0 Å². The highest BCUT2D eigenvalue weighted by Crippen LogP contribution is 2.27. The Bertz CT molecular complexity index is 1540. The van der Waals surface area contributed by atoms with Crippen LogP contribution in [0, 0.1) is 23.7 Å². The summed E-state index contributed by atoms with van der Waals surface area (Å²) in [6.45, 7) is 23.2. The number of aliphatic hydroxyl groups is 4. The molecule has 1 fully saturated rings. The molecule has 16 nitrogen and oxygen atoms in total. The van der Waals surface area contributed by atoms with E-state index in [9.17, 15) is 39.6 Å². The second-order valence-electron chi connectivity index (χ2n) is 30.3. The zero-order valence-corrected chi connectivity index (χ0v) is 65.3. The van der Waals surface area contributed by atoms with Crippen molar-refractivity contribution in [3.63, 3.8) is 0 Å². The van der Waals surface area contributed by atoms with Gasteiger partial charge in [-0.3, -0.25) is 38.8 Å². The molecule has 0 aromatic rings. The summed E-state index contributed by atoms with van der Waals surface area (Å²) >= 11 is 0. The van der Waals surface area contributed by atoms with Gasteiger partial charge in [-0.2, -0.15) is 0 Å². The molecule has 0 spiro atoms. The fourth-order valence-electron chi connectivity index (χ4n) is 14.4. The van der Waals surface area contributed by atoms with E-state index >= 15 is 0 Å². The Labute approximate surface area is 603 Å². The van der Waals surface area contributed by atoms with Crippen molar-refractivity contribution in [2.75, 3.05) is 105 Å².